The summed E-state index contributed by atoms with van der Waals surface area (Å²) in [5.74, 6) is -2.82. The van der Waals surface area contributed by atoms with Crippen molar-refractivity contribution < 1.29 is 13.9 Å². The van der Waals surface area contributed by atoms with E-state index in [1.165, 1.54) is 0 Å². The molecule has 3 heteroatoms. The Labute approximate surface area is 51.6 Å². The second-order valence-corrected chi connectivity index (χ2v) is 1.38. The van der Waals surface area contributed by atoms with Crippen LogP contribution in [0, 0.1) is 0 Å². The molecule has 0 aliphatic heterocycles. The van der Waals surface area contributed by atoms with Gasteiger partial charge in [-0.2, -0.15) is 0 Å². The molecule has 0 bridgehead atoms. The maximum absolute atomic E-state index is 11.7. The maximum Gasteiger partial charge on any atom is 0.157 e. The lowest BCUT2D eigenvalue weighted by Crippen LogP contribution is -1.78. The van der Waals surface area contributed by atoms with E-state index in [-0.39, 0.29) is 0 Å². The number of hydrogen-bond donors (Lipinski definition) is 1. The van der Waals surface area contributed by atoms with Crippen molar-refractivity contribution in [2.24, 2.45) is 0 Å². The Hall–Kier alpha value is -1.12. The minimum absolute atomic E-state index is 0.544. The lowest BCUT2D eigenvalue weighted by atomic mass is 10.4. The van der Waals surface area contributed by atoms with E-state index in [1.807, 2.05) is 0 Å². The van der Waals surface area contributed by atoms with Gasteiger partial charge in [-0.15, -0.1) is 0 Å². The van der Waals surface area contributed by atoms with Gasteiger partial charge in [0, 0.05) is 6.08 Å². The molecule has 0 aromatic rings. The molecule has 0 unspecified atom stereocenters. The first kappa shape index (κ1) is 7.88. The van der Waals surface area contributed by atoms with Gasteiger partial charge in [-0.25, -0.2) is 8.78 Å². The van der Waals surface area contributed by atoms with Gasteiger partial charge in [0.15, 0.2) is 11.6 Å². The quantitative estimate of drug-likeness (QED) is 0.451. The van der Waals surface area contributed by atoms with E-state index in [0.29, 0.717) is 6.08 Å². The van der Waals surface area contributed by atoms with Crippen molar-refractivity contribution in [3.8, 4) is 0 Å². The summed E-state index contributed by atoms with van der Waals surface area (Å²) in [7, 11) is 0. The van der Waals surface area contributed by atoms with Gasteiger partial charge in [-0.1, -0.05) is 13.2 Å². The zero-order chi connectivity index (χ0) is 7.44. The number of rotatable bonds is 2. The smallest absolute Gasteiger partial charge is 0.157 e. The summed E-state index contributed by atoms with van der Waals surface area (Å²) in [5, 5.41) is 8.38. The third-order valence-electron chi connectivity index (χ3n) is 0.571. The van der Waals surface area contributed by atoms with Crippen LogP contribution in [0.1, 0.15) is 0 Å². The van der Waals surface area contributed by atoms with E-state index < -0.39 is 17.4 Å². The molecule has 0 atom stereocenters. The van der Waals surface area contributed by atoms with Gasteiger partial charge in [-0.05, 0) is 0 Å². The normalized spacial score (nSPS) is 11.1. The van der Waals surface area contributed by atoms with Crippen LogP contribution in [0.4, 0.5) is 8.78 Å². The van der Waals surface area contributed by atoms with Gasteiger partial charge in [0.25, 0.3) is 0 Å². The molecule has 0 spiro atoms. The van der Waals surface area contributed by atoms with Crippen LogP contribution in [0.5, 0.6) is 0 Å². The topological polar surface area (TPSA) is 20.2 Å². The third-order valence-corrected chi connectivity index (χ3v) is 0.571. The summed E-state index contributed by atoms with van der Waals surface area (Å²) in [6.07, 6.45) is 0.544. The molecule has 1 N–H and O–H groups in total. The lowest BCUT2D eigenvalue weighted by Gasteiger charge is -1.89. The molecule has 1 nitrogen and oxygen atoms in total. The van der Waals surface area contributed by atoms with Crippen LogP contribution in [0.2, 0.25) is 0 Å². The molecule has 0 saturated heterocycles. The highest BCUT2D eigenvalue weighted by molar-refractivity contribution is 5.21. The van der Waals surface area contributed by atoms with Gasteiger partial charge in [0.2, 0.25) is 0 Å². The fourth-order valence-electron chi connectivity index (χ4n) is 0.227. The standard InChI is InChI=1S/C6H6F2O/c1-4(7)3-6(9)5(2)8/h3,9H,1-2H2/b6-3+. The van der Waals surface area contributed by atoms with Gasteiger partial charge in [0.1, 0.15) is 5.83 Å². The summed E-state index contributed by atoms with van der Waals surface area (Å²) in [6.45, 7) is 5.48. The van der Waals surface area contributed by atoms with Crippen LogP contribution < -0.4 is 0 Å². The maximum atomic E-state index is 11.7. The van der Waals surface area contributed by atoms with Crippen molar-refractivity contribution in [1.29, 1.82) is 0 Å². The monoisotopic (exact) mass is 132 g/mol. The van der Waals surface area contributed by atoms with Crippen LogP contribution >= 0.6 is 0 Å². The summed E-state index contributed by atoms with van der Waals surface area (Å²) in [5.41, 5.74) is 0. The minimum atomic E-state index is -1.08. The summed E-state index contributed by atoms with van der Waals surface area (Å²) in [4.78, 5) is 0. The minimum Gasteiger partial charge on any atom is -0.505 e. The molecular weight excluding hydrogens is 126 g/mol. The van der Waals surface area contributed by atoms with E-state index in [2.05, 4.69) is 13.2 Å². The van der Waals surface area contributed by atoms with Crippen molar-refractivity contribution in [2.75, 3.05) is 0 Å². The SMILES string of the molecule is C=C(F)/C=C(/O)C(=C)F. The molecule has 0 fully saturated rings. The highest BCUT2D eigenvalue weighted by Crippen LogP contribution is 2.07. The Bertz CT molecular complexity index is 170. The van der Waals surface area contributed by atoms with Crippen LogP contribution in [-0.2, 0) is 0 Å². The molecule has 0 rings (SSSR count). The van der Waals surface area contributed by atoms with Gasteiger partial charge < -0.3 is 5.11 Å². The largest absolute Gasteiger partial charge is 0.505 e. The van der Waals surface area contributed by atoms with Crippen molar-refractivity contribution >= 4 is 0 Å². The number of aliphatic hydroxyl groups excluding tert-OH is 1. The molecule has 0 aliphatic carbocycles. The summed E-state index contributed by atoms with van der Waals surface area (Å²) in [6, 6.07) is 0. The second-order valence-electron chi connectivity index (χ2n) is 1.38. The van der Waals surface area contributed by atoms with Crippen molar-refractivity contribution in [3.63, 3.8) is 0 Å². The molecule has 0 aromatic carbocycles. The molecule has 0 aromatic heterocycles. The molecule has 0 heterocycles. The predicted molar refractivity (Wildman–Crippen MR) is 31.2 cm³/mol. The number of aliphatic hydroxyl groups is 1. The van der Waals surface area contributed by atoms with Gasteiger partial charge in [-0.3, -0.25) is 0 Å². The Morgan fingerprint density at radius 3 is 1.89 bits per heavy atom. The van der Waals surface area contributed by atoms with E-state index in [1.54, 1.807) is 0 Å². The molecule has 0 saturated carbocycles. The zero-order valence-corrected chi connectivity index (χ0v) is 4.69. The first-order valence-electron chi connectivity index (χ1n) is 2.14. The van der Waals surface area contributed by atoms with E-state index in [4.69, 9.17) is 5.11 Å². The van der Waals surface area contributed by atoms with Crippen LogP contribution in [0.15, 0.2) is 36.6 Å². The van der Waals surface area contributed by atoms with Crippen molar-refractivity contribution in [3.05, 3.63) is 36.6 Å². The number of halogens is 2. The molecule has 50 valence electrons. The predicted octanol–water partition coefficient (Wildman–Crippen LogP) is 2.39. The first-order chi connectivity index (χ1) is 4.04. The zero-order valence-electron chi connectivity index (χ0n) is 4.69. The fourth-order valence-corrected chi connectivity index (χ4v) is 0.227. The Morgan fingerprint density at radius 2 is 1.78 bits per heavy atom. The molecule has 9 heavy (non-hydrogen) atoms. The van der Waals surface area contributed by atoms with Crippen LogP contribution in [-0.4, -0.2) is 5.11 Å². The molecule has 0 radical (unpaired) electrons. The van der Waals surface area contributed by atoms with Crippen molar-refractivity contribution in [1.82, 2.24) is 0 Å². The fraction of sp³-hybridized carbons (Fsp3) is 0. The van der Waals surface area contributed by atoms with E-state index >= 15 is 0 Å². The van der Waals surface area contributed by atoms with Crippen molar-refractivity contribution in [2.45, 2.75) is 0 Å². The Kier molecular flexibility index (Phi) is 2.64. The Morgan fingerprint density at radius 1 is 1.33 bits per heavy atom. The molecule has 0 amide bonds. The average Bonchev–Trinajstić information content (AvgIpc) is 1.63. The second kappa shape index (κ2) is 3.02. The summed E-state index contributed by atoms with van der Waals surface area (Å²) >= 11 is 0. The molecule has 0 aliphatic rings. The Balaban J connectivity index is 4.17. The molecular formula is C6H6F2O. The number of allylic oxidation sites excluding steroid dienone is 3. The van der Waals surface area contributed by atoms with Gasteiger partial charge >= 0.3 is 0 Å². The highest BCUT2D eigenvalue weighted by Gasteiger charge is 1.96. The first-order valence-corrected chi connectivity index (χ1v) is 2.14. The van der Waals surface area contributed by atoms with Gasteiger partial charge in [0.05, 0.1) is 0 Å². The lowest BCUT2D eigenvalue weighted by molar-refractivity contribution is 0.388. The third kappa shape index (κ3) is 3.46. The number of hydrogen-bond acceptors (Lipinski definition) is 1. The van der Waals surface area contributed by atoms with Crippen LogP contribution in [0.25, 0.3) is 0 Å². The summed E-state index contributed by atoms with van der Waals surface area (Å²) < 4.78 is 23.4. The average molecular weight is 132 g/mol. The van der Waals surface area contributed by atoms with E-state index in [9.17, 15) is 8.78 Å². The highest BCUT2D eigenvalue weighted by atomic mass is 19.1. The van der Waals surface area contributed by atoms with E-state index in [0.717, 1.165) is 0 Å². The van der Waals surface area contributed by atoms with Crippen LogP contribution in [0.3, 0.4) is 0 Å².